The van der Waals surface area contributed by atoms with Gasteiger partial charge in [0.1, 0.15) is 24.0 Å². The Labute approximate surface area is 219 Å². The number of nitrogens with one attached hydrogen (secondary N) is 2. The van der Waals surface area contributed by atoms with Crippen molar-refractivity contribution in [2.45, 2.75) is 63.4 Å². The molecule has 0 radical (unpaired) electrons. The number of urea groups is 1. The Bertz CT molecular complexity index is 1030. The molecule has 1 fully saturated rings. The molecule has 3 N–H and O–H groups in total. The molecule has 200 valence electrons. The molecule has 2 aliphatic rings. The number of hydrogen-bond donors (Lipinski definition) is 3. The van der Waals surface area contributed by atoms with Gasteiger partial charge in [-0.1, -0.05) is 29.8 Å². The van der Waals surface area contributed by atoms with Gasteiger partial charge in [-0.15, -0.1) is 0 Å². The quantitative estimate of drug-likeness (QED) is 0.223. The summed E-state index contributed by atoms with van der Waals surface area (Å²) in [5.41, 5.74) is 0.734. The fourth-order valence-electron chi connectivity index (χ4n) is 3.43. The van der Waals surface area contributed by atoms with E-state index in [1.54, 1.807) is 51.1 Å². The van der Waals surface area contributed by atoms with Gasteiger partial charge in [-0.2, -0.15) is 0 Å². The number of hydrogen-bond acceptors (Lipinski definition) is 8. The van der Waals surface area contributed by atoms with Gasteiger partial charge in [-0.3, -0.25) is 9.69 Å². The van der Waals surface area contributed by atoms with Crippen LogP contribution in [0.4, 0.5) is 9.18 Å². The summed E-state index contributed by atoms with van der Waals surface area (Å²) >= 11 is 11.6. The molecular weight excluding hydrogens is 536 g/mol. The maximum Gasteiger partial charge on any atom is 0.323 e. The number of aliphatic hydroxyl groups is 1. The molecule has 2 aliphatic heterocycles. The number of carbonyl (C=O) groups is 2. The molecule has 1 saturated heterocycles. The number of nitrogens with zero attached hydrogens (tertiary/aromatic N) is 1. The number of esters is 1. The Morgan fingerprint density at radius 1 is 1.42 bits per heavy atom. The van der Waals surface area contributed by atoms with Crippen LogP contribution >= 0.6 is 18.2 Å². The Balaban J connectivity index is 1.76. The number of carbonyl (C=O) groups excluding carboxylic acids is 2. The third-order valence-corrected chi connectivity index (χ3v) is 8.09. The molecule has 0 aliphatic carbocycles. The normalized spacial score (nSPS) is 28.8. The van der Waals surface area contributed by atoms with Gasteiger partial charge in [-0.05, 0) is 57.2 Å². The summed E-state index contributed by atoms with van der Waals surface area (Å²) in [5, 5.41) is 13.2. The van der Waals surface area contributed by atoms with Crippen molar-refractivity contribution in [2.75, 3.05) is 13.2 Å². The van der Waals surface area contributed by atoms with Gasteiger partial charge in [-0.25, -0.2) is 14.3 Å². The first-order chi connectivity index (χ1) is 16.8. The second-order valence-corrected chi connectivity index (χ2v) is 12.4. The van der Waals surface area contributed by atoms with Crippen molar-refractivity contribution in [3.05, 3.63) is 42.1 Å². The van der Waals surface area contributed by atoms with Gasteiger partial charge in [0.05, 0.1) is 12.7 Å². The number of alkyl halides is 2. The largest absolute Gasteiger partial charge is 0.462 e. The van der Waals surface area contributed by atoms with Gasteiger partial charge >= 0.3 is 18.6 Å². The highest BCUT2D eigenvalue weighted by molar-refractivity contribution is 8.09. The minimum Gasteiger partial charge on any atom is -0.462 e. The lowest BCUT2D eigenvalue weighted by molar-refractivity contribution is -0.149. The molecule has 2 amide bonds. The maximum absolute atomic E-state index is 15.4. The summed E-state index contributed by atoms with van der Waals surface area (Å²) in [5.74, 6) is -0.204. The average molecular weight is 566 g/mol. The molecule has 0 bridgehead atoms. The van der Waals surface area contributed by atoms with Crippen molar-refractivity contribution in [1.82, 2.24) is 15.3 Å². The van der Waals surface area contributed by atoms with Crippen molar-refractivity contribution in [3.8, 4) is 5.75 Å². The molecule has 0 spiro atoms. The van der Waals surface area contributed by atoms with Gasteiger partial charge in [0, 0.05) is 12.7 Å². The Kier molecular flexibility index (Phi) is 9.37. The summed E-state index contributed by atoms with van der Waals surface area (Å²) in [6.07, 6.45) is -3.74. The number of para-hydroxylation sites is 1. The molecule has 3 rings (SSSR count). The minimum absolute atomic E-state index is 0.293. The maximum atomic E-state index is 15.4. The second-order valence-electron chi connectivity index (χ2n) is 8.72. The molecule has 2 heterocycles. The van der Waals surface area contributed by atoms with Crippen LogP contribution in [0.15, 0.2) is 42.1 Å². The van der Waals surface area contributed by atoms with Gasteiger partial charge in [0.15, 0.2) is 6.23 Å². The molecule has 1 aromatic rings. The Morgan fingerprint density at radius 2 is 2.08 bits per heavy atom. The number of halogens is 2. The van der Waals surface area contributed by atoms with Crippen LogP contribution in [0, 0.1) is 0 Å². The first kappa shape index (κ1) is 28.8. The van der Waals surface area contributed by atoms with E-state index in [0.717, 1.165) is 10.5 Å². The third-order valence-electron chi connectivity index (χ3n) is 5.18. The number of aliphatic hydroxyl groups excluding tert-OH is 1. The monoisotopic (exact) mass is 565 g/mol. The number of ether oxygens (including phenoxy) is 2. The van der Waals surface area contributed by atoms with E-state index in [4.69, 9.17) is 41.9 Å². The fraction of sp³-hybridized carbons (Fsp3) is 0.545. The molecule has 0 saturated carbocycles. The summed E-state index contributed by atoms with van der Waals surface area (Å²) in [4.78, 5) is 25.6. The molecule has 14 heteroatoms. The van der Waals surface area contributed by atoms with E-state index in [9.17, 15) is 14.7 Å². The van der Waals surface area contributed by atoms with E-state index < -0.39 is 54.9 Å². The highest BCUT2D eigenvalue weighted by atomic mass is 35.5. The van der Waals surface area contributed by atoms with Crippen LogP contribution in [0.25, 0.3) is 0 Å². The van der Waals surface area contributed by atoms with Gasteiger partial charge in [0.2, 0.25) is 0 Å². The zero-order chi connectivity index (χ0) is 26.7. The van der Waals surface area contributed by atoms with Crippen LogP contribution < -0.4 is 14.9 Å². The Hall–Kier alpha value is -1.79. The van der Waals surface area contributed by atoms with Crippen molar-refractivity contribution in [2.24, 2.45) is 0 Å². The lowest BCUT2D eigenvalue weighted by atomic mass is 10.1. The highest BCUT2D eigenvalue weighted by Gasteiger charge is 2.60. The van der Waals surface area contributed by atoms with Gasteiger partial charge in [0.25, 0.3) is 5.13 Å². The van der Waals surface area contributed by atoms with E-state index in [-0.39, 0.29) is 6.10 Å². The van der Waals surface area contributed by atoms with Crippen molar-refractivity contribution >= 4 is 42.1 Å². The molecule has 10 nitrogen and oxygen atoms in total. The van der Waals surface area contributed by atoms with Crippen LogP contribution in [-0.4, -0.2) is 70.9 Å². The van der Waals surface area contributed by atoms with Crippen LogP contribution in [0.2, 0.25) is 0 Å². The van der Waals surface area contributed by atoms with E-state index in [2.05, 4.69) is 10.4 Å². The molecule has 36 heavy (non-hydrogen) atoms. The van der Waals surface area contributed by atoms with Crippen molar-refractivity contribution in [3.63, 3.8) is 0 Å². The highest BCUT2D eigenvalue weighted by Crippen LogP contribution is 2.47. The summed E-state index contributed by atoms with van der Waals surface area (Å²) in [6.45, 7) is 3.07. The van der Waals surface area contributed by atoms with E-state index >= 15 is 4.39 Å². The van der Waals surface area contributed by atoms with Crippen molar-refractivity contribution < 1.29 is 37.6 Å². The summed E-state index contributed by atoms with van der Waals surface area (Å²) in [6, 6.07) is 7.00. The second kappa shape index (κ2) is 11.7. The molecule has 6 unspecified atom stereocenters. The van der Waals surface area contributed by atoms with Crippen LogP contribution in [0.5, 0.6) is 5.75 Å². The van der Waals surface area contributed by atoms with Crippen LogP contribution in [-0.2, 0) is 30.6 Å². The average Bonchev–Trinajstić information content (AvgIpc) is 3.02. The Morgan fingerprint density at radius 3 is 2.72 bits per heavy atom. The predicted octanol–water partition coefficient (Wildman–Crippen LogP) is 3.16. The fourth-order valence-corrected chi connectivity index (χ4v) is 6.15. The number of amides is 2. The molecule has 0 aromatic heterocycles. The number of benzene rings is 1. The molecule has 6 atom stereocenters. The SMILES string of the molecule is CC1=CN(C2OC(COP(=S)(NC(C)C(=O)OC(C)C)Oc3ccccc3)C(O)C2(F)Cl)C(=O)NC1. The zero-order valence-electron chi connectivity index (χ0n) is 20.2. The predicted molar refractivity (Wildman–Crippen MR) is 134 cm³/mol. The third kappa shape index (κ3) is 6.95. The minimum atomic E-state index is -3.47. The lowest BCUT2D eigenvalue weighted by Crippen LogP contribution is -2.53. The first-order valence-electron chi connectivity index (χ1n) is 11.2. The topological polar surface area (TPSA) is 119 Å². The smallest absolute Gasteiger partial charge is 0.323 e. The van der Waals surface area contributed by atoms with Crippen molar-refractivity contribution in [1.29, 1.82) is 0 Å². The summed E-state index contributed by atoms with van der Waals surface area (Å²) < 4.78 is 37.9. The van der Waals surface area contributed by atoms with E-state index in [0.29, 0.717) is 12.3 Å². The summed E-state index contributed by atoms with van der Waals surface area (Å²) in [7, 11) is 0. The van der Waals surface area contributed by atoms with Gasteiger partial charge < -0.3 is 28.9 Å². The van der Waals surface area contributed by atoms with Crippen LogP contribution in [0.1, 0.15) is 27.7 Å². The lowest BCUT2D eigenvalue weighted by Gasteiger charge is -2.33. The van der Waals surface area contributed by atoms with Crippen LogP contribution in [0.3, 0.4) is 0 Å². The standard InChI is InChI=1S/C22H30ClFN3O7PS/c1-13(2)32-19(29)15(4)26-35(36,34-16-8-6-5-7-9-16)31-12-17-18(28)22(23,24)20(33-17)27-11-14(3)10-25-21(27)30/h5-9,11,13,15,17-18,20,28H,10,12H2,1-4H3,(H,25,30)(H,26,36). The van der Waals surface area contributed by atoms with E-state index in [1.807, 2.05) is 0 Å². The zero-order valence-corrected chi connectivity index (χ0v) is 22.7. The van der Waals surface area contributed by atoms with E-state index in [1.165, 1.54) is 13.1 Å². The molecule has 1 aromatic carbocycles. The molecular formula is C22H30ClFN3O7PS. The first-order valence-corrected chi connectivity index (χ1v) is 14.3. The number of rotatable bonds is 10.